The number of nitrogens with one attached hydrogen (secondary N) is 1. The van der Waals surface area contributed by atoms with Gasteiger partial charge in [0.2, 0.25) is 0 Å². The van der Waals surface area contributed by atoms with Crippen LogP contribution in [-0.2, 0) is 13.2 Å². The van der Waals surface area contributed by atoms with Crippen molar-refractivity contribution >= 4 is 23.2 Å². The number of hydrogen-bond donors (Lipinski definition) is 2. The molecule has 1 unspecified atom stereocenters. The second-order valence-corrected chi connectivity index (χ2v) is 6.31. The summed E-state index contributed by atoms with van der Waals surface area (Å²) in [6.45, 7) is 2.88. The molecule has 0 radical (unpaired) electrons. The maximum Gasteiger partial charge on any atom is 0.129 e. The van der Waals surface area contributed by atoms with E-state index in [0.29, 0.717) is 12.1 Å². The van der Waals surface area contributed by atoms with Gasteiger partial charge in [0.15, 0.2) is 0 Å². The molecule has 5 heteroatoms. The zero-order valence-corrected chi connectivity index (χ0v) is 16.1. The van der Waals surface area contributed by atoms with Crippen LogP contribution < -0.4 is 10.1 Å². The third-order valence-electron chi connectivity index (χ3n) is 4.62. The van der Waals surface area contributed by atoms with Crippen LogP contribution in [0.25, 0.3) is 10.8 Å². The number of aliphatic hydroxyl groups excluding tert-OH is 1. The summed E-state index contributed by atoms with van der Waals surface area (Å²) in [7, 11) is 0. The molecule has 0 aliphatic carbocycles. The number of aliphatic hydroxyl groups is 1. The molecule has 1 atom stereocenters. The molecule has 2 N–H and O–H groups in total. The molecule has 0 saturated heterocycles. The van der Waals surface area contributed by atoms with E-state index in [1.54, 1.807) is 18.2 Å². The van der Waals surface area contributed by atoms with Crippen molar-refractivity contribution < 1.29 is 14.2 Å². The molecule has 3 nitrogen and oxygen atoms in total. The molecule has 3 aromatic carbocycles. The zero-order chi connectivity index (χ0) is 18.4. The van der Waals surface area contributed by atoms with Crippen LogP contribution in [0, 0.1) is 5.82 Å². The lowest BCUT2D eigenvalue weighted by molar-refractivity contribution is 0.237. The number of fused-ring (bicyclic) bond motifs is 1. The second-order valence-electron chi connectivity index (χ2n) is 6.31. The van der Waals surface area contributed by atoms with Gasteiger partial charge in [-0.1, -0.05) is 55.5 Å². The lowest BCUT2D eigenvalue weighted by atomic mass is 10.0. The number of halogens is 2. The first kappa shape index (κ1) is 21.2. The first-order valence-electron chi connectivity index (χ1n) is 8.94. The largest absolute Gasteiger partial charge is 0.488 e. The average Bonchev–Trinajstić information content (AvgIpc) is 2.68. The minimum absolute atomic E-state index is 0. The summed E-state index contributed by atoms with van der Waals surface area (Å²) in [5, 5.41) is 15.0. The Hall–Kier alpha value is -2.14. The molecule has 144 valence electrons. The van der Waals surface area contributed by atoms with Crippen molar-refractivity contribution in [3.8, 4) is 5.75 Å². The SMILES string of the molecule is CCC(CO)NCc1c(OCc2ccccc2F)ccc2ccccc12.Cl. The van der Waals surface area contributed by atoms with E-state index < -0.39 is 0 Å². The van der Waals surface area contributed by atoms with E-state index in [-0.39, 0.29) is 37.5 Å². The molecular weight excluding hydrogens is 365 g/mol. The lowest BCUT2D eigenvalue weighted by Crippen LogP contribution is -2.31. The molecule has 3 aromatic rings. The minimum Gasteiger partial charge on any atom is -0.488 e. The molecule has 0 amide bonds. The fraction of sp³-hybridized carbons (Fsp3) is 0.273. The maximum absolute atomic E-state index is 13.9. The Kier molecular flexibility index (Phi) is 8.04. The summed E-state index contributed by atoms with van der Waals surface area (Å²) in [5.74, 6) is 0.464. The van der Waals surface area contributed by atoms with Gasteiger partial charge >= 0.3 is 0 Å². The molecule has 0 heterocycles. The molecular formula is C22H25ClFNO2. The molecule has 3 rings (SSSR count). The van der Waals surface area contributed by atoms with Crippen LogP contribution in [0.15, 0.2) is 60.7 Å². The van der Waals surface area contributed by atoms with E-state index in [2.05, 4.69) is 17.4 Å². The Morgan fingerprint density at radius 1 is 1.04 bits per heavy atom. The molecule has 0 bridgehead atoms. The van der Waals surface area contributed by atoms with Crippen LogP contribution in [-0.4, -0.2) is 17.8 Å². The lowest BCUT2D eigenvalue weighted by Gasteiger charge is -2.18. The van der Waals surface area contributed by atoms with Crippen molar-refractivity contribution in [1.29, 1.82) is 0 Å². The monoisotopic (exact) mass is 389 g/mol. The predicted molar refractivity (Wildman–Crippen MR) is 110 cm³/mol. The van der Waals surface area contributed by atoms with Gasteiger partial charge in [-0.3, -0.25) is 0 Å². The standard InChI is InChI=1S/C22H24FNO2.ClH/c1-2-18(14-25)24-13-20-19-9-5-3-7-16(19)11-12-22(20)26-15-17-8-4-6-10-21(17)23;/h3-12,18,24-25H,2,13-15H2,1H3;1H. The van der Waals surface area contributed by atoms with Crippen molar-refractivity contribution in [1.82, 2.24) is 5.32 Å². The number of ether oxygens (including phenoxy) is 1. The van der Waals surface area contributed by atoms with Gasteiger partial charge in [-0.25, -0.2) is 4.39 Å². The Balaban J connectivity index is 0.00000261. The van der Waals surface area contributed by atoms with Gasteiger partial charge in [0.1, 0.15) is 18.2 Å². The van der Waals surface area contributed by atoms with E-state index in [0.717, 1.165) is 28.5 Å². The van der Waals surface area contributed by atoms with Gasteiger partial charge in [-0.05, 0) is 29.3 Å². The zero-order valence-electron chi connectivity index (χ0n) is 15.3. The molecule has 0 saturated carbocycles. The summed E-state index contributed by atoms with van der Waals surface area (Å²) < 4.78 is 19.8. The Bertz CT molecular complexity index is 868. The highest BCUT2D eigenvalue weighted by atomic mass is 35.5. The van der Waals surface area contributed by atoms with E-state index >= 15 is 0 Å². The van der Waals surface area contributed by atoms with Crippen LogP contribution in [0.2, 0.25) is 0 Å². The summed E-state index contributed by atoms with van der Waals surface area (Å²) >= 11 is 0. The predicted octanol–water partition coefficient (Wildman–Crippen LogP) is 4.84. The smallest absolute Gasteiger partial charge is 0.129 e. The molecule has 27 heavy (non-hydrogen) atoms. The Morgan fingerprint density at radius 3 is 2.52 bits per heavy atom. The van der Waals surface area contributed by atoms with Crippen LogP contribution >= 0.6 is 12.4 Å². The number of rotatable bonds is 8. The highest BCUT2D eigenvalue weighted by Crippen LogP contribution is 2.29. The molecule has 0 fully saturated rings. The summed E-state index contributed by atoms with van der Waals surface area (Å²) in [4.78, 5) is 0. The molecule has 0 aromatic heterocycles. The van der Waals surface area contributed by atoms with Crippen LogP contribution in [0.1, 0.15) is 24.5 Å². The van der Waals surface area contributed by atoms with Gasteiger partial charge in [0.25, 0.3) is 0 Å². The van der Waals surface area contributed by atoms with Crippen LogP contribution in [0.4, 0.5) is 4.39 Å². The maximum atomic E-state index is 13.9. The Morgan fingerprint density at radius 2 is 1.78 bits per heavy atom. The third-order valence-corrected chi connectivity index (χ3v) is 4.62. The van der Waals surface area contributed by atoms with Crippen molar-refractivity contribution in [3.63, 3.8) is 0 Å². The van der Waals surface area contributed by atoms with Crippen molar-refractivity contribution in [2.75, 3.05) is 6.61 Å². The van der Waals surface area contributed by atoms with Crippen molar-refractivity contribution in [2.45, 2.75) is 32.5 Å². The number of benzene rings is 3. The summed E-state index contributed by atoms with van der Waals surface area (Å²) in [5.41, 5.74) is 1.55. The van der Waals surface area contributed by atoms with Crippen LogP contribution in [0.5, 0.6) is 5.75 Å². The highest BCUT2D eigenvalue weighted by Gasteiger charge is 2.12. The Labute approximate surface area is 165 Å². The van der Waals surface area contributed by atoms with Gasteiger partial charge in [0, 0.05) is 23.7 Å². The van der Waals surface area contributed by atoms with Crippen molar-refractivity contribution in [3.05, 3.63) is 77.6 Å². The van der Waals surface area contributed by atoms with E-state index in [4.69, 9.17) is 4.74 Å². The van der Waals surface area contributed by atoms with Gasteiger partial charge in [-0.2, -0.15) is 0 Å². The quantitative estimate of drug-likeness (QED) is 0.579. The topological polar surface area (TPSA) is 41.5 Å². The second kappa shape index (κ2) is 10.3. The van der Waals surface area contributed by atoms with Gasteiger partial charge in [0.05, 0.1) is 6.61 Å². The van der Waals surface area contributed by atoms with Gasteiger partial charge in [-0.15, -0.1) is 12.4 Å². The van der Waals surface area contributed by atoms with Crippen LogP contribution in [0.3, 0.4) is 0 Å². The molecule has 0 aliphatic rings. The third kappa shape index (κ3) is 5.19. The van der Waals surface area contributed by atoms with Crippen molar-refractivity contribution in [2.24, 2.45) is 0 Å². The van der Waals surface area contributed by atoms with Gasteiger partial charge < -0.3 is 15.2 Å². The van der Waals surface area contributed by atoms with E-state index in [1.165, 1.54) is 6.07 Å². The fourth-order valence-electron chi connectivity index (χ4n) is 2.99. The summed E-state index contributed by atoms with van der Waals surface area (Å²) in [6, 6.07) is 18.7. The van der Waals surface area contributed by atoms with E-state index in [1.807, 2.05) is 31.2 Å². The number of hydrogen-bond acceptors (Lipinski definition) is 3. The minimum atomic E-state index is -0.265. The van der Waals surface area contributed by atoms with E-state index in [9.17, 15) is 9.50 Å². The fourth-order valence-corrected chi connectivity index (χ4v) is 2.99. The normalized spacial score (nSPS) is 11.8. The summed E-state index contributed by atoms with van der Waals surface area (Å²) in [6.07, 6.45) is 0.840. The first-order valence-corrected chi connectivity index (χ1v) is 8.94. The molecule has 0 spiro atoms. The first-order chi connectivity index (χ1) is 12.7. The highest BCUT2D eigenvalue weighted by molar-refractivity contribution is 5.87. The molecule has 0 aliphatic heterocycles. The average molecular weight is 390 g/mol.